The second-order valence-electron chi connectivity index (χ2n) is 6.71. The molecule has 28 heavy (non-hydrogen) atoms. The molecule has 0 aliphatic carbocycles. The molecule has 2 aromatic heterocycles. The van der Waals surface area contributed by atoms with Crippen molar-refractivity contribution in [1.29, 1.82) is 0 Å². The second-order valence-corrected chi connectivity index (χ2v) is 6.71. The highest BCUT2D eigenvalue weighted by atomic mass is 16.5. The number of pyridine rings is 1. The zero-order chi connectivity index (χ0) is 19.9. The van der Waals surface area contributed by atoms with Gasteiger partial charge < -0.3 is 10.5 Å². The van der Waals surface area contributed by atoms with Gasteiger partial charge in [0, 0.05) is 6.54 Å². The number of hydrogen-bond acceptors (Lipinski definition) is 5. The first-order valence-electron chi connectivity index (χ1n) is 9.62. The molecule has 0 radical (unpaired) electrons. The molecule has 0 amide bonds. The van der Waals surface area contributed by atoms with Crippen LogP contribution in [-0.2, 0) is 11.3 Å². The number of nitrogen functional groups attached to an aromatic ring is 1. The van der Waals surface area contributed by atoms with Gasteiger partial charge >= 0.3 is 5.97 Å². The number of carbonyl (C=O) groups is 1. The minimum absolute atomic E-state index is 0.168. The van der Waals surface area contributed by atoms with Crippen molar-refractivity contribution >= 4 is 28.8 Å². The van der Waals surface area contributed by atoms with Crippen molar-refractivity contribution in [3.05, 3.63) is 59.4 Å². The molecule has 0 aliphatic rings. The number of fused-ring (bicyclic) bond motifs is 1. The van der Waals surface area contributed by atoms with Crippen LogP contribution in [0.3, 0.4) is 0 Å². The number of hydrogen-bond donors (Lipinski definition) is 1. The summed E-state index contributed by atoms with van der Waals surface area (Å²) in [4.78, 5) is 17.1. The number of ether oxygens (including phenoxy) is 1. The van der Waals surface area contributed by atoms with Gasteiger partial charge in [-0.25, -0.2) is 14.5 Å². The Labute approximate surface area is 165 Å². The van der Waals surface area contributed by atoms with E-state index < -0.39 is 5.97 Å². The lowest BCUT2D eigenvalue weighted by Crippen LogP contribution is -2.12. The molecule has 0 spiro atoms. The van der Waals surface area contributed by atoms with Crippen LogP contribution in [0.1, 0.15) is 47.8 Å². The summed E-state index contributed by atoms with van der Waals surface area (Å²) in [5, 5.41) is 5.08. The number of anilines is 1. The van der Waals surface area contributed by atoms with Gasteiger partial charge in [0.2, 0.25) is 0 Å². The quantitative estimate of drug-likeness (QED) is 0.464. The van der Waals surface area contributed by atoms with Crippen LogP contribution in [0, 0.1) is 6.92 Å². The van der Waals surface area contributed by atoms with Gasteiger partial charge in [-0.3, -0.25) is 0 Å². The van der Waals surface area contributed by atoms with Crippen molar-refractivity contribution < 1.29 is 9.53 Å². The summed E-state index contributed by atoms with van der Waals surface area (Å²) in [5.74, 6) is -0.471. The first-order valence-corrected chi connectivity index (χ1v) is 9.62. The summed E-state index contributed by atoms with van der Waals surface area (Å²) in [6.45, 7) is 4.89. The molecule has 0 unspecified atom stereocenters. The summed E-state index contributed by atoms with van der Waals surface area (Å²) in [6.07, 6.45) is 8.70. The van der Waals surface area contributed by atoms with Gasteiger partial charge in [0.05, 0.1) is 23.0 Å². The van der Waals surface area contributed by atoms with Crippen molar-refractivity contribution in [1.82, 2.24) is 14.8 Å². The van der Waals surface area contributed by atoms with Gasteiger partial charge in [-0.1, -0.05) is 56.2 Å². The topological polar surface area (TPSA) is 83.0 Å². The van der Waals surface area contributed by atoms with Crippen LogP contribution >= 0.6 is 0 Å². The number of aryl methyl sites for hydroxylation is 2. The predicted molar refractivity (Wildman–Crippen MR) is 112 cm³/mol. The molecule has 0 aliphatic heterocycles. The van der Waals surface area contributed by atoms with Crippen LogP contribution in [0.2, 0.25) is 0 Å². The Morgan fingerprint density at radius 2 is 2.04 bits per heavy atom. The lowest BCUT2D eigenvalue weighted by molar-refractivity contribution is 0.0550. The summed E-state index contributed by atoms with van der Waals surface area (Å²) in [7, 11) is 0. The standard InChI is InChI=1S/C22H26N4O2/c1-3-4-8-13-26-21-18(15-24-26)20(23)19(16(2)25-21)22(27)28-14-9-12-17-10-6-5-7-11-17/h5-7,9-12,15H,3-4,8,13-14H2,1-2H3,(H2,23,25)/b12-9+. The van der Waals surface area contributed by atoms with Gasteiger partial charge in [-0.2, -0.15) is 5.10 Å². The molecule has 146 valence electrons. The molecule has 1 aromatic carbocycles. The first kappa shape index (κ1) is 19.6. The zero-order valence-corrected chi connectivity index (χ0v) is 16.4. The molecule has 6 heteroatoms. The fraction of sp³-hybridized carbons (Fsp3) is 0.318. The summed E-state index contributed by atoms with van der Waals surface area (Å²) in [6, 6.07) is 9.84. The van der Waals surface area contributed by atoms with Crippen LogP contribution in [-0.4, -0.2) is 27.3 Å². The lowest BCUT2D eigenvalue weighted by Gasteiger charge is -2.10. The molecule has 2 heterocycles. The van der Waals surface area contributed by atoms with E-state index in [1.54, 1.807) is 19.2 Å². The van der Waals surface area contributed by atoms with E-state index in [1.165, 1.54) is 0 Å². The van der Waals surface area contributed by atoms with Crippen LogP contribution < -0.4 is 5.73 Å². The molecular weight excluding hydrogens is 352 g/mol. The monoisotopic (exact) mass is 378 g/mol. The van der Waals surface area contributed by atoms with E-state index in [0.717, 1.165) is 31.4 Å². The third-order valence-electron chi connectivity index (χ3n) is 4.60. The van der Waals surface area contributed by atoms with Crippen LogP contribution in [0.4, 0.5) is 5.69 Å². The highest BCUT2D eigenvalue weighted by molar-refractivity contribution is 6.04. The molecular formula is C22H26N4O2. The number of benzene rings is 1. The van der Waals surface area contributed by atoms with E-state index in [0.29, 0.717) is 28.0 Å². The highest BCUT2D eigenvalue weighted by Gasteiger charge is 2.20. The van der Waals surface area contributed by atoms with E-state index >= 15 is 0 Å². The number of carbonyl (C=O) groups excluding carboxylic acids is 1. The molecule has 0 saturated heterocycles. The normalized spacial score (nSPS) is 11.4. The SMILES string of the molecule is CCCCCn1ncc2c(N)c(C(=O)OC/C=C/c3ccccc3)c(C)nc21. The smallest absolute Gasteiger partial charge is 0.342 e. The molecule has 3 rings (SSSR count). The van der Waals surface area contributed by atoms with Crippen molar-refractivity contribution in [2.24, 2.45) is 0 Å². The molecule has 3 aromatic rings. The highest BCUT2D eigenvalue weighted by Crippen LogP contribution is 2.26. The summed E-state index contributed by atoms with van der Waals surface area (Å²) < 4.78 is 7.23. The Morgan fingerprint density at radius 1 is 1.25 bits per heavy atom. The van der Waals surface area contributed by atoms with E-state index in [9.17, 15) is 4.79 Å². The van der Waals surface area contributed by atoms with E-state index in [4.69, 9.17) is 10.5 Å². The Hall–Kier alpha value is -3.15. The lowest BCUT2D eigenvalue weighted by atomic mass is 10.1. The van der Waals surface area contributed by atoms with Gasteiger partial charge in [0.1, 0.15) is 12.2 Å². The molecule has 0 atom stereocenters. The Morgan fingerprint density at radius 3 is 2.79 bits per heavy atom. The van der Waals surface area contributed by atoms with E-state index in [2.05, 4.69) is 17.0 Å². The third-order valence-corrected chi connectivity index (χ3v) is 4.60. The van der Waals surface area contributed by atoms with Gasteiger partial charge in [-0.05, 0) is 25.0 Å². The Kier molecular flexibility index (Phi) is 6.42. The van der Waals surface area contributed by atoms with E-state index in [-0.39, 0.29) is 6.61 Å². The van der Waals surface area contributed by atoms with Gasteiger partial charge in [0.25, 0.3) is 0 Å². The van der Waals surface area contributed by atoms with Crippen molar-refractivity contribution in [2.75, 3.05) is 12.3 Å². The molecule has 0 fully saturated rings. The maximum Gasteiger partial charge on any atom is 0.342 e. The molecule has 0 saturated carbocycles. The van der Waals surface area contributed by atoms with Crippen LogP contribution in [0.5, 0.6) is 0 Å². The maximum atomic E-state index is 12.6. The molecule has 2 N–H and O–H groups in total. The zero-order valence-electron chi connectivity index (χ0n) is 16.4. The second kappa shape index (κ2) is 9.17. The molecule has 0 bridgehead atoms. The number of aromatic nitrogens is 3. The average molecular weight is 378 g/mol. The van der Waals surface area contributed by atoms with Crippen molar-refractivity contribution in [2.45, 2.75) is 39.7 Å². The number of esters is 1. The predicted octanol–water partition coefficient (Wildman–Crippen LogP) is 4.38. The Balaban J connectivity index is 1.73. The number of nitrogens with zero attached hydrogens (tertiary/aromatic N) is 3. The fourth-order valence-electron chi connectivity index (χ4n) is 3.11. The van der Waals surface area contributed by atoms with E-state index in [1.807, 2.05) is 41.1 Å². The third kappa shape index (κ3) is 4.39. The first-order chi connectivity index (χ1) is 13.6. The van der Waals surface area contributed by atoms with Crippen molar-refractivity contribution in [3.8, 4) is 0 Å². The fourth-order valence-corrected chi connectivity index (χ4v) is 3.11. The molecule has 6 nitrogen and oxygen atoms in total. The summed E-state index contributed by atoms with van der Waals surface area (Å²) in [5.41, 5.74) is 9.28. The average Bonchev–Trinajstić information content (AvgIpc) is 3.09. The number of unbranched alkanes of at least 4 members (excludes halogenated alkanes) is 2. The van der Waals surface area contributed by atoms with Crippen LogP contribution in [0.25, 0.3) is 17.1 Å². The minimum atomic E-state index is -0.471. The Bertz CT molecular complexity index is 977. The van der Waals surface area contributed by atoms with Gasteiger partial charge in [0.15, 0.2) is 5.65 Å². The largest absolute Gasteiger partial charge is 0.458 e. The summed E-state index contributed by atoms with van der Waals surface area (Å²) >= 11 is 0. The van der Waals surface area contributed by atoms with Crippen LogP contribution in [0.15, 0.2) is 42.6 Å². The van der Waals surface area contributed by atoms with Crippen molar-refractivity contribution in [3.63, 3.8) is 0 Å². The minimum Gasteiger partial charge on any atom is -0.458 e. The maximum absolute atomic E-state index is 12.6. The number of rotatable bonds is 8. The van der Waals surface area contributed by atoms with Gasteiger partial charge in [-0.15, -0.1) is 0 Å². The number of nitrogens with two attached hydrogens (primary N) is 1.